The standard InChI is InChI=1S/C20H25N5O4S/c1-14-11-22-18(13-21-14)20(26)25-9-7-16(8-10-25)29-19-6-3-15(12-23-19)24(2)30(27,28)17-4-5-17/h3,6,11-13,16-17H,4-5,7-10H2,1-2H3. The normalized spacial score (nSPS) is 17.6. The molecule has 3 heterocycles. The van der Waals surface area contributed by atoms with Crippen molar-refractivity contribution in [1.82, 2.24) is 19.9 Å². The van der Waals surface area contributed by atoms with Crippen LogP contribution in [0.5, 0.6) is 5.88 Å². The summed E-state index contributed by atoms with van der Waals surface area (Å²) in [6.07, 6.45) is 7.37. The van der Waals surface area contributed by atoms with Gasteiger partial charge in [0.2, 0.25) is 15.9 Å². The average Bonchev–Trinajstić information content (AvgIpc) is 3.60. The van der Waals surface area contributed by atoms with Crippen molar-refractivity contribution in [3.8, 4) is 5.88 Å². The molecule has 1 saturated carbocycles. The largest absolute Gasteiger partial charge is 0.474 e. The molecule has 1 saturated heterocycles. The number of sulfonamides is 1. The molecule has 10 heteroatoms. The van der Waals surface area contributed by atoms with Crippen LogP contribution in [0.1, 0.15) is 41.9 Å². The maximum atomic E-state index is 12.5. The number of anilines is 1. The molecular weight excluding hydrogens is 406 g/mol. The summed E-state index contributed by atoms with van der Waals surface area (Å²) in [4.78, 5) is 26.8. The van der Waals surface area contributed by atoms with Crippen LogP contribution in [0.2, 0.25) is 0 Å². The Hall–Kier alpha value is -2.75. The number of hydrogen-bond donors (Lipinski definition) is 0. The summed E-state index contributed by atoms with van der Waals surface area (Å²) < 4.78 is 31.9. The van der Waals surface area contributed by atoms with Crippen LogP contribution < -0.4 is 9.04 Å². The maximum absolute atomic E-state index is 12.5. The molecule has 9 nitrogen and oxygen atoms in total. The second-order valence-corrected chi connectivity index (χ2v) is 9.96. The zero-order chi connectivity index (χ0) is 21.3. The first-order valence-electron chi connectivity index (χ1n) is 10.0. The van der Waals surface area contributed by atoms with Crippen LogP contribution in [0.4, 0.5) is 5.69 Å². The summed E-state index contributed by atoms with van der Waals surface area (Å²) in [6.45, 7) is 2.97. The number of amides is 1. The van der Waals surface area contributed by atoms with Crippen LogP contribution in [-0.2, 0) is 10.0 Å². The van der Waals surface area contributed by atoms with Crippen LogP contribution in [-0.4, -0.2) is 65.7 Å². The lowest BCUT2D eigenvalue weighted by Crippen LogP contribution is -2.42. The van der Waals surface area contributed by atoms with E-state index in [1.165, 1.54) is 16.7 Å². The summed E-state index contributed by atoms with van der Waals surface area (Å²) in [7, 11) is -1.74. The third-order valence-corrected chi connectivity index (χ3v) is 7.72. The summed E-state index contributed by atoms with van der Waals surface area (Å²) in [5.41, 5.74) is 1.64. The van der Waals surface area contributed by atoms with E-state index in [4.69, 9.17) is 4.74 Å². The first-order chi connectivity index (χ1) is 14.3. The van der Waals surface area contributed by atoms with E-state index in [0.29, 0.717) is 43.2 Å². The van der Waals surface area contributed by atoms with Gasteiger partial charge in [-0.05, 0) is 25.8 Å². The summed E-state index contributed by atoms with van der Waals surface area (Å²) in [6, 6.07) is 3.39. The van der Waals surface area contributed by atoms with Crippen molar-refractivity contribution in [2.24, 2.45) is 0 Å². The highest BCUT2D eigenvalue weighted by atomic mass is 32.2. The molecule has 160 valence electrons. The van der Waals surface area contributed by atoms with Gasteiger partial charge in [0.05, 0.1) is 29.0 Å². The van der Waals surface area contributed by atoms with Gasteiger partial charge in [0, 0.05) is 45.2 Å². The lowest BCUT2D eigenvalue weighted by atomic mass is 10.1. The molecule has 0 aromatic carbocycles. The highest BCUT2D eigenvalue weighted by molar-refractivity contribution is 7.93. The Balaban J connectivity index is 1.31. The van der Waals surface area contributed by atoms with Crippen molar-refractivity contribution in [3.05, 3.63) is 42.1 Å². The molecule has 1 aliphatic carbocycles. The molecule has 2 aromatic rings. The molecular formula is C20H25N5O4S. The van der Waals surface area contributed by atoms with Crippen LogP contribution >= 0.6 is 0 Å². The Morgan fingerprint density at radius 1 is 1.07 bits per heavy atom. The zero-order valence-corrected chi connectivity index (χ0v) is 17.9. The minimum absolute atomic E-state index is 0.0515. The molecule has 2 aromatic heterocycles. The van der Waals surface area contributed by atoms with E-state index in [0.717, 1.165) is 18.5 Å². The summed E-state index contributed by atoms with van der Waals surface area (Å²) in [5.74, 6) is 0.327. The number of hydrogen-bond acceptors (Lipinski definition) is 7. The first-order valence-corrected chi connectivity index (χ1v) is 11.5. The number of carbonyl (C=O) groups is 1. The second-order valence-electron chi connectivity index (χ2n) is 7.72. The number of likely N-dealkylation sites (tertiary alicyclic amines) is 1. The van der Waals surface area contributed by atoms with Crippen molar-refractivity contribution >= 4 is 21.6 Å². The van der Waals surface area contributed by atoms with Gasteiger partial charge in [0.1, 0.15) is 11.8 Å². The Morgan fingerprint density at radius 3 is 2.37 bits per heavy atom. The van der Waals surface area contributed by atoms with E-state index in [2.05, 4.69) is 15.0 Å². The van der Waals surface area contributed by atoms with Gasteiger partial charge < -0.3 is 9.64 Å². The third kappa shape index (κ3) is 4.38. The molecule has 0 bridgehead atoms. The van der Waals surface area contributed by atoms with E-state index in [-0.39, 0.29) is 17.3 Å². The molecule has 2 aliphatic rings. The highest BCUT2D eigenvalue weighted by Crippen LogP contribution is 2.32. The van der Waals surface area contributed by atoms with Gasteiger partial charge in [0.15, 0.2) is 0 Å². The topological polar surface area (TPSA) is 106 Å². The number of aryl methyl sites for hydroxylation is 1. The number of aromatic nitrogens is 3. The van der Waals surface area contributed by atoms with Crippen LogP contribution in [0.3, 0.4) is 0 Å². The van der Waals surface area contributed by atoms with E-state index in [9.17, 15) is 13.2 Å². The van der Waals surface area contributed by atoms with E-state index < -0.39 is 10.0 Å². The fourth-order valence-electron chi connectivity index (χ4n) is 3.38. The lowest BCUT2D eigenvalue weighted by Gasteiger charge is -2.31. The highest BCUT2D eigenvalue weighted by Gasteiger charge is 2.39. The number of carbonyl (C=O) groups excluding carboxylic acids is 1. The number of rotatable bonds is 6. The second kappa shape index (κ2) is 8.17. The average molecular weight is 432 g/mol. The molecule has 0 unspecified atom stereocenters. The van der Waals surface area contributed by atoms with Crippen molar-refractivity contribution in [2.75, 3.05) is 24.4 Å². The monoisotopic (exact) mass is 431 g/mol. The molecule has 2 fully saturated rings. The van der Waals surface area contributed by atoms with E-state index in [1.807, 2.05) is 6.92 Å². The molecule has 1 aliphatic heterocycles. The molecule has 30 heavy (non-hydrogen) atoms. The number of piperidine rings is 1. The fraction of sp³-hybridized carbons (Fsp3) is 0.500. The molecule has 0 atom stereocenters. The van der Waals surface area contributed by atoms with Crippen LogP contribution in [0, 0.1) is 6.92 Å². The summed E-state index contributed by atoms with van der Waals surface area (Å²) >= 11 is 0. The quantitative estimate of drug-likeness (QED) is 0.686. The Bertz CT molecular complexity index is 998. The molecule has 1 amide bonds. The van der Waals surface area contributed by atoms with Crippen molar-refractivity contribution < 1.29 is 17.9 Å². The van der Waals surface area contributed by atoms with E-state index in [1.54, 1.807) is 30.3 Å². The van der Waals surface area contributed by atoms with Gasteiger partial charge in [-0.2, -0.15) is 0 Å². The van der Waals surface area contributed by atoms with Gasteiger partial charge in [-0.15, -0.1) is 0 Å². The predicted octanol–water partition coefficient (Wildman–Crippen LogP) is 1.79. The van der Waals surface area contributed by atoms with Gasteiger partial charge in [0.25, 0.3) is 5.91 Å². The van der Waals surface area contributed by atoms with Gasteiger partial charge in [-0.25, -0.2) is 18.4 Å². The number of pyridine rings is 1. The van der Waals surface area contributed by atoms with Gasteiger partial charge >= 0.3 is 0 Å². The number of ether oxygens (including phenoxy) is 1. The Kier molecular flexibility index (Phi) is 5.59. The van der Waals surface area contributed by atoms with Gasteiger partial charge in [-0.1, -0.05) is 0 Å². The molecule has 4 rings (SSSR count). The van der Waals surface area contributed by atoms with Crippen molar-refractivity contribution in [3.63, 3.8) is 0 Å². The molecule has 0 spiro atoms. The maximum Gasteiger partial charge on any atom is 0.274 e. The fourth-order valence-corrected chi connectivity index (χ4v) is 4.96. The Morgan fingerprint density at radius 2 is 1.80 bits per heavy atom. The van der Waals surface area contributed by atoms with Crippen LogP contribution in [0.25, 0.3) is 0 Å². The van der Waals surface area contributed by atoms with E-state index >= 15 is 0 Å². The number of nitrogens with zero attached hydrogens (tertiary/aromatic N) is 5. The van der Waals surface area contributed by atoms with Crippen molar-refractivity contribution in [2.45, 2.75) is 44.0 Å². The zero-order valence-electron chi connectivity index (χ0n) is 17.1. The molecule has 0 N–H and O–H groups in total. The third-order valence-electron chi connectivity index (χ3n) is 5.43. The van der Waals surface area contributed by atoms with Crippen LogP contribution in [0.15, 0.2) is 30.7 Å². The smallest absolute Gasteiger partial charge is 0.274 e. The SMILES string of the molecule is Cc1cnc(C(=O)N2CCC(Oc3ccc(N(C)S(=O)(=O)C4CC4)cn3)CC2)cn1. The lowest BCUT2D eigenvalue weighted by molar-refractivity contribution is 0.0582. The first kappa shape index (κ1) is 20.5. The molecule has 0 radical (unpaired) electrons. The minimum atomic E-state index is -3.29. The van der Waals surface area contributed by atoms with Crippen molar-refractivity contribution in [1.29, 1.82) is 0 Å². The Labute approximate surface area is 176 Å². The van der Waals surface area contributed by atoms with Gasteiger partial charge in [-0.3, -0.25) is 14.1 Å². The summed E-state index contributed by atoms with van der Waals surface area (Å²) in [5, 5.41) is -0.266. The predicted molar refractivity (Wildman–Crippen MR) is 111 cm³/mol. The minimum Gasteiger partial charge on any atom is -0.474 e.